The number of benzene rings is 1. The van der Waals surface area contributed by atoms with Gasteiger partial charge in [0, 0.05) is 13.1 Å². The minimum Gasteiger partial charge on any atom is -0.326 e. The average molecular weight is 308 g/mol. The van der Waals surface area contributed by atoms with E-state index in [-0.39, 0.29) is 5.75 Å². The molecule has 0 heterocycles. The van der Waals surface area contributed by atoms with E-state index in [0.29, 0.717) is 19.0 Å². The van der Waals surface area contributed by atoms with Crippen molar-refractivity contribution >= 4 is 10.0 Å². The van der Waals surface area contributed by atoms with Gasteiger partial charge in [-0.15, -0.1) is 0 Å². The Labute approximate surface area is 127 Å². The van der Waals surface area contributed by atoms with Gasteiger partial charge in [-0.05, 0) is 54.6 Å². The molecule has 3 N–H and O–H groups in total. The van der Waals surface area contributed by atoms with E-state index in [4.69, 9.17) is 5.73 Å². The third kappa shape index (κ3) is 4.28. The fraction of sp³-hybridized carbons (Fsp3) is 0.625. The third-order valence-electron chi connectivity index (χ3n) is 4.58. The molecule has 0 saturated heterocycles. The van der Waals surface area contributed by atoms with Crippen LogP contribution in [0.25, 0.3) is 0 Å². The van der Waals surface area contributed by atoms with Crippen LogP contribution in [0.2, 0.25) is 0 Å². The summed E-state index contributed by atoms with van der Waals surface area (Å²) in [6, 6.07) is 7.50. The first-order valence-corrected chi connectivity index (χ1v) is 9.48. The molecule has 0 radical (unpaired) electrons. The van der Waals surface area contributed by atoms with Gasteiger partial charge in [-0.3, -0.25) is 0 Å². The van der Waals surface area contributed by atoms with Crippen molar-refractivity contribution in [1.82, 2.24) is 4.72 Å². The highest BCUT2D eigenvalue weighted by atomic mass is 32.2. The summed E-state index contributed by atoms with van der Waals surface area (Å²) in [4.78, 5) is 0. The molecule has 5 heteroatoms. The molecule has 0 amide bonds. The molecular formula is C16H24N2O2S. The number of sulfonamides is 1. The average Bonchev–Trinajstić information content (AvgIpc) is 3.32. The van der Waals surface area contributed by atoms with E-state index in [0.717, 1.165) is 23.0 Å². The van der Waals surface area contributed by atoms with E-state index in [1.807, 2.05) is 24.3 Å². The Balaban J connectivity index is 1.58. The largest absolute Gasteiger partial charge is 0.326 e. The van der Waals surface area contributed by atoms with Crippen LogP contribution in [0.1, 0.15) is 36.8 Å². The first-order chi connectivity index (χ1) is 10.1. The fourth-order valence-corrected chi connectivity index (χ4v) is 4.27. The maximum atomic E-state index is 12.2. The highest BCUT2D eigenvalue weighted by Gasteiger charge is 2.41. The maximum Gasteiger partial charge on any atom is 0.215 e. The van der Waals surface area contributed by atoms with E-state index in [1.54, 1.807) is 0 Å². The molecule has 1 aromatic rings. The van der Waals surface area contributed by atoms with Crippen molar-refractivity contribution < 1.29 is 8.42 Å². The Kier molecular flexibility index (Phi) is 4.33. The molecule has 3 rings (SSSR count). The smallest absolute Gasteiger partial charge is 0.215 e. The Morgan fingerprint density at radius 1 is 1.14 bits per heavy atom. The van der Waals surface area contributed by atoms with Crippen molar-refractivity contribution in [3.8, 4) is 0 Å². The molecule has 0 aliphatic heterocycles. The van der Waals surface area contributed by atoms with Crippen LogP contribution in [0, 0.1) is 17.8 Å². The van der Waals surface area contributed by atoms with Crippen LogP contribution in [0.15, 0.2) is 24.3 Å². The van der Waals surface area contributed by atoms with Crippen molar-refractivity contribution in [2.75, 3.05) is 6.54 Å². The molecule has 1 aromatic carbocycles. The Hall–Kier alpha value is -0.910. The highest BCUT2D eigenvalue weighted by molar-refractivity contribution is 7.88. The molecule has 0 unspecified atom stereocenters. The summed E-state index contributed by atoms with van der Waals surface area (Å²) in [7, 11) is -3.26. The molecule has 0 atom stereocenters. The van der Waals surface area contributed by atoms with Gasteiger partial charge in [-0.25, -0.2) is 13.1 Å². The monoisotopic (exact) mass is 308 g/mol. The summed E-state index contributed by atoms with van der Waals surface area (Å²) in [5.41, 5.74) is 7.37. The van der Waals surface area contributed by atoms with Crippen molar-refractivity contribution in [3.63, 3.8) is 0 Å². The lowest BCUT2D eigenvalue weighted by atomic mass is 9.99. The zero-order valence-corrected chi connectivity index (χ0v) is 13.1. The standard InChI is InChI=1S/C16H24N2O2S/c17-9-12-2-1-3-13(8-12)11-21(19,20)18-10-16(14-4-5-14)15-6-7-15/h1-3,8,14-16,18H,4-7,9-11,17H2. The molecule has 116 valence electrons. The SMILES string of the molecule is NCc1cccc(CS(=O)(=O)NCC(C2CC2)C2CC2)c1. The molecule has 0 aromatic heterocycles. The van der Waals surface area contributed by atoms with E-state index in [9.17, 15) is 8.42 Å². The lowest BCUT2D eigenvalue weighted by Gasteiger charge is -2.16. The van der Waals surface area contributed by atoms with Crippen molar-refractivity contribution in [1.29, 1.82) is 0 Å². The van der Waals surface area contributed by atoms with Gasteiger partial charge in [-0.1, -0.05) is 24.3 Å². The molecule has 0 bridgehead atoms. The number of hydrogen-bond acceptors (Lipinski definition) is 3. The van der Waals surface area contributed by atoms with Crippen LogP contribution < -0.4 is 10.5 Å². The zero-order chi connectivity index (χ0) is 14.9. The van der Waals surface area contributed by atoms with Crippen LogP contribution in [-0.2, 0) is 22.3 Å². The lowest BCUT2D eigenvalue weighted by molar-refractivity contribution is 0.401. The summed E-state index contributed by atoms with van der Waals surface area (Å²) >= 11 is 0. The molecule has 21 heavy (non-hydrogen) atoms. The quantitative estimate of drug-likeness (QED) is 0.771. The third-order valence-corrected chi connectivity index (χ3v) is 5.90. The maximum absolute atomic E-state index is 12.2. The summed E-state index contributed by atoms with van der Waals surface area (Å²) in [6.07, 6.45) is 5.12. The van der Waals surface area contributed by atoms with Crippen molar-refractivity contribution in [3.05, 3.63) is 35.4 Å². The van der Waals surface area contributed by atoms with E-state index in [1.165, 1.54) is 25.7 Å². The Morgan fingerprint density at radius 3 is 2.33 bits per heavy atom. The predicted octanol–water partition coefficient (Wildman–Crippen LogP) is 2.00. The second kappa shape index (κ2) is 6.07. The highest BCUT2D eigenvalue weighted by Crippen LogP contribution is 2.48. The van der Waals surface area contributed by atoms with Crippen LogP contribution in [-0.4, -0.2) is 15.0 Å². The first-order valence-electron chi connectivity index (χ1n) is 7.82. The molecule has 4 nitrogen and oxygen atoms in total. The summed E-state index contributed by atoms with van der Waals surface area (Å²) in [5.74, 6) is 2.14. The van der Waals surface area contributed by atoms with E-state index < -0.39 is 10.0 Å². The van der Waals surface area contributed by atoms with Gasteiger partial charge >= 0.3 is 0 Å². The van der Waals surface area contributed by atoms with Gasteiger partial charge in [0.2, 0.25) is 10.0 Å². The molecule has 2 aliphatic rings. The van der Waals surface area contributed by atoms with Crippen LogP contribution in [0.5, 0.6) is 0 Å². The second-order valence-corrected chi connectivity index (χ2v) is 8.28. The van der Waals surface area contributed by atoms with Crippen LogP contribution in [0.3, 0.4) is 0 Å². The van der Waals surface area contributed by atoms with Gasteiger partial charge in [0.1, 0.15) is 0 Å². The molecule has 2 fully saturated rings. The van der Waals surface area contributed by atoms with Gasteiger partial charge in [0.25, 0.3) is 0 Å². The number of nitrogens with two attached hydrogens (primary N) is 1. The lowest BCUT2D eigenvalue weighted by Crippen LogP contribution is -2.32. The van der Waals surface area contributed by atoms with E-state index in [2.05, 4.69) is 4.72 Å². The fourth-order valence-electron chi connectivity index (χ4n) is 3.11. The molecule has 2 saturated carbocycles. The second-order valence-electron chi connectivity index (χ2n) is 6.47. The van der Waals surface area contributed by atoms with Crippen LogP contribution in [0.4, 0.5) is 0 Å². The topological polar surface area (TPSA) is 72.2 Å². The minimum atomic E-state index is -3.26. The summed E-state index contributed by atoms with van der Waals surface area (Å²) < 4.78 is 27.3. The van der Waals surface area contributed by atoms with Crippen molar-refractivity contribution in [2.24, 2.45) is 23.5 Å². The Bertz CT molecular complexity index is 580. The van der Waals surface area contributed by atoms with Crippen LogP contribution >= 0.6 is 0 Å². The minimum absolute atomic E-state index is 0.0445. The number of rotatable bonds is 8. The predicted molar refractivity (Wildman–Crippen MR) is 83.9 cm³/mol. The molecule has 2 aliphatic carbocycles. The zero-order valence-electron chi connectivity index (χ0n) is 12.3. The Morgan fingerprint density at radius 2 is 1.76 bits per heavy atom. The normalized spacial score (nSPS) is 19.1. The number of nitrogens with one attached hydrogen (secondary N) is 1. The van der Waals surface area contributed by atoms with Gasteiger partial charge in [0.15, 0.2) is 0 Å². The van der Waals surface area contributed by atoms with E-state index >= 15 is 0 Å². The van der Waals surface area contributed by atoms with Gasteiger partial charge in [-0.2, -0.15) is 0 Å². The molecule has 0 spiro atoms. The van der Waals surface area contributed by atoms with Gasteiger partial charge in [0.05, 0.1) is 5.75 Å². The summed E-state index contributed by atoms with van der Waals surface area (Å²) in [5, 5.41) is 0. The van der Waals surface area contributed by atoms with Gasteiger partial charge < -0.3 is 5.73 Å². The number of hydrogen-bond donors (Lipinski definition) is 2. The summed E-state index contributed by atoms with van der Waals surface area (Å²) in [6.45, 7) is 1.06. The molecular weight excluding hydrogens is 284 g/mol. The van der Waals surface area contributed by atoms with Crippen molar-refractivity contribution in [2.45, 2.75) is 38.0 Å². The first kappa shape index (κ1) is 15.0.